The summed E-state index contributed by atoms with van der Waals surface area (Å²) in [4.78, 5) is 2.52. The molecule has 106 valence electrons. The molecule has 0 amide bonds. The first-order chi connectivity index (χ1) is 8.69. The first-order valence-electron chi connectivity index (χ1n) is 7.74. The molecule has 0 bridgehead atoms. The lowest BCUT2D eigenvalue weighted by Crippen LogP contribution is -2.51. The molecule has 18 heavy (non-hydrogen) atoms. The summed E-state index contributed by atoms with van der Waals surface area (Å²) in [7, 11) is 0. The van der Waals surface area contributed by atoms with Gasteiger partial charge in [-0.15, -0.1) is 0 Å². The number of nitrogens with two attached hydrogens (primary N) is 1. The monoisotopic (exact) mass is 254 g/mol. The van der Waals surface area contributed by atoms with Gasteiger partial charge in [-0.1, -0.05) is 26.2 Å². The molecule has 1 saturated heterocycles. The molecule has 1 heterocycles. The smallest absolute Gasteiger partial charge is 0.0586 e. The summed E-state index contributed by atoms with van der Waals surface area (Å²) in [6.45, 7) is 5.76. The zero-order valence-corrected chi connectivity index (χ0v) is 11.9. The number of aliphatic hydroxyl groups excluding tert-OH is 1. The second-order valence-corrected chi connectivity index (χ2v) is 6.71. The Hall–Kier alpha value is -0.120. The molecular weight excluding hydrogens is 224 g/mol. The molecule has 3 heteroatoms. The summed E-state index contributed by atoms with van der Waals surface area (Å²) in [5.74, 6) is 0.819. The van der Waals surface area contributed by atoms with E-state index in [0.717, 1.165) is 32.0 Å². The number of aliphatic hydroxyl groups is 1. The van der Waals surface area contributed by atoms with E-state index in [9.17, 15) is 5.11 Å². The molecule has 3 unspecified atom stereocenters. The van der Waals surface area contributed by atoms with Gasteiger partial charge < -0.3 is 10.8 Å². The van der Waals surface area contributed by atoms with Crippen LogP contribution in [0.25, 0.3) is 0 Å². The van der Waals surface area contributed by atoms with E-state index in [4.69, 9.17) is 5.73 Å². The van der Waals surface area contributed by atoms with Crippen molar-refractivity contribution < 1.29 is 5.11 Å². The van der Waals surface area contributed by atoms with Crippen LogP contribution in [0.1, 0.15) is 51.9 Å². The Labute approximate surface area is 112 Å². The molecule has 2 fully saturated rings. The molecule has 3 nitrogen and oxygen atoms in total. The fraction of sp³-hybridized carbons (Fsp3) is 1.00. The molecule has 0 aromatic rings. The Morgan fingerprint density at radius 3 is 2.78 bits per heavy atom. The van der Waals surface area contributed by atoms with Crippen molar-refractivity contribution in [1.82, 2.24) is 4.90 Å². The van der Waals surface area contributed by atoms with Crippen molar-refractivity contribution in [2.75, 3.05) is 26.2 Å². The first-order valence-corrected chi connectivity index (χ1v) is 7.74. The number of likely N-dealkylation sites (tertiary alicyclic amines) is 1. The Morgan fingerprint density at radius 1 is 1.28 bits per heavy atom. The Morgan fingerprint density at radius 2 is 2.11 bits per heavy atom. The lowest BCUT2D eigenvalue weighted by atomic mass is 9.69. The van der Waals surface area contributed by atoms with E-state index < -0.39 is 0 Å². The molecule has 2 rings (SSSR count). The number of nitrogens with zero attached hydrogens (tertiary/aromatic N) is 1. The highest BCUT2D eigenvalue weighted by molar-refractivity contribution is 4.91. The van der Waals surface area contributed by atoms with Gasteiger partial charge in [-0.2, -0.15) is 0 Å². The standard InChI is InChI=1S/C15H30N2O/c1-13-5-4-7-15(9-13,11-16)12-17-8-3-2-6-14(17)10-18/h13-14,18H,2-12,16H2,1H3. The number of hydrogen-bond acceptors (Lipinski definition) is 3. The maximum Gasteiger partial charge on any atom is 0.0586 e. The molecule has 0 radical (unpaired) electrons. The molecule has 1 aliphatic carbocycles. The van der Waals surface area contributed by atoms with Gasteiger partial charge in [0, 0.05) is 12.6 Å². The summed E-state index contributed by atoms with van der Waals surface area (Å²) in [5, 5.41) is 9.53. The molecular formula is C15H30N2O. The Balaban J connectivity index is 1.99. The van der Waals surface area contributed by atoms with Crippen LogP contribution in [0.5, 0.6) is 0 Å². The van der Waals surface area contributed by atoms with Crippen molar-refractivity contribution in [1.29, 1.82) is 0 Å². The number of rotatable bonds is 4. The van der Waals surface area contributed by atoms with Crippen LogP contribution in [-0.4, -0.2) is 42.3 Å². The van der Waals surface area contributed by atoms with Gasteiger partial charge in [-0.05, 0) is 50.1 Å². The van der Waals surface area contributed by atoms with Gasteiger partial charge in [0.05, 0.1) is 6.61 Å². The third-order valence-corrected chi connectivity index (χ3v) is 5.12. The minimum atomic E-state index is 0.316. The van der Waals surface area contributed by atoms with Crippen molar-refractivity contribution in [2.45, 2.75) is 57.9 Å². The summed E-state index contributed by atoms with van der Waals surface area (Å²) >= 11 is 0. The van der Waals surface area contributed by atoms with Crippen molar-refractivity contribution >= 4 is 0 Å². The average Bonchev–Trinajstić information content (AvgIpc) is 2.39. The van der Waals surface area contributed by atoms with E-state index in [0.29, 0.717) is 18.1 Å². The normalized spacial score (nSPS) is 38.8. The van der Waals surface area contributed by atoms with Gasteiger partial charge in [0.1, 0.15) is 0 Å². The quantitative estimate of drug-likeness (QED) is 0.806. The zero-order chi connectivity index (χ0) is 13.0. The van der Waals surface area contributed by atoms with Crippen LogP contribution < -0.4 is 5.73 Å². The summed E-state index contributed by atoms with van der Waals surface area (Å²) in [5.41, 5.74) is 6.44. The minimum absolute atomic E-state index is 0.316. The second-order valence-electron chi connectivity index (χ2n) is 6.71. The molecule has 1 aliphatic heterocycles. The van der Waals surface area contributed by atoms with Gasteiger partial charge in [-0.25, -0.2) is 0 Å². The highest BCUT2D eigenvalue weighted by Crippen LogP contribution is 2.40. The number of piperidine rings is 1. The van der Waals surface area contributed by atoms with Crippen LogP contribution in [0.3, 0.4) is 0 Å². The van der Waals surface area contributed by atoms with Crippen LogP contribution in [0.2, 0.25) is 0 Å². The second kappa shape index (κ2) is 6.36. The number of hydrogen-bond donors (Lipinski definition) is 2. The van der Waals surface area contributed by atoms with Gasteiger partial charge in [-0.3, -0.25) is 4.90 Å². The van der Waals surface area contributed by atoms with E-state index in [1.165, 1.54) is 38.5 Å². The maximum absolute atomic E-state index is 9.53. The van der Waals surface area contributed by atoms with Crippen LogP contribution in [0.15, 0.2) is 0 Å². The summed E-state index contributed by atoms with van der Waals surface area (Å²) in [6, 6.07) is 0.388. The van der Waals surface area contributed by atoms with Crippen molar-refractivity contribution in [3.63, 3.8) is 0 Å². The molecule has 2 aliphatic rings. The third kappa shape index (κ3) is 3.25. The van der Waals surface area contributed by atoms with Crippen LogP contribution in [0.4, 0.5) is 0 Å². The van der Waals surface area contributed by atoms with Gasteiger partial charge in [0.25, 0.3) is 0 Å². The van der Waals surface area contributed by atoms with Gasteiger partial charge in [0.15, 0.2) is 0 Å². The van der Waals surface area contributed by atoms with Crippen molar-refractivity contribution in [3.8, 4) is 0 Å². The zero-order valence-electron chi connectivity index (χ0n) is 11.9. The summed E-state index contributed by atoms with van der Waals surface area (Å²) < 4.78 is 0. The lowest BCUT2D eigenvalue weighted by molar-refractivity contribution is 0.0258. The molecule has 0 aromatic heterocycles. The third-order valence-electron chi connectivity index (χ3n) is 5.12. The minimum Gasteiger partial charge on any atom is -0.395 e. The van der Waals surface area contributed by atoms with Crippen LogP contribution in [-0.2, 0) is 0 Å². The largest absolute Gasteiger partial charge is 0.395 e. The highest BCUT2D eigenvalue weighted by atomic mass is 16.3. The molecule has 0 spiro atoms. The average molecular weight is 254 g/mol. The van der Waals surface area contributed by atoms with E-state index >= 15 is 0 Å². The fourth-order valence-corrected chi connectivity index (χ4v) is 4.07. The van der Waals surface area contributed by atoms with E-state index in [1.807, 2.05) is 0 Å². The van der Waals surface area contributed by atoms with Crippen LogP contribution >= 0.6 is 0 Å². The Bertz CT molecular complexity index is 259. The highest BCUT2D eigenvalue weighted by Gasteiger charge is 2.37. The first kappa shape index (κ1) is 14.3. The van der Waals surface area contributed by atoms with Crippen LogP contribution in [0, 0.1) is 11.3 Å². The van der Waals surface area contributed by atoms with Gasteiger partial charge >= 0.3 is 0 Å². The maximum atomic E-state index is 9.53. The topological polar surface area (TPSA) is 49.5 Å². The molecule has 1 saturated carbocycles. The van der Waals surface area contributed by atoms with E-state index in [1.54, 1.807) is 0 Å². The fourth-order valence-electron chi connectivity index (χ4n) is 4.07. The molecule has 3 atom stereocenters. The van der Waals surface area contributed by atoms with E-state index in [2.05, 4.69) is 11.8 Å². The molecule has 0 aromatic carbocycles. The predicted octanol–water partition coefficient (Wildman–Crippen LogP) is 1.99. The van der Waals surface area contributed by atoms with Crippen molar-refractivity contribution in [3.05, 3.63) is 0 Å². The predicted molar refractivity (Wildman–Crippen MR) is 75.4 cm³/mol. The SMILES string of the molecule is CC1CCCC(CN)(CN2CCCCC2CO)C1. The van der Waals surface area contributed by atoms with E-state index in [-0.39, 0.29) is 0 Å². The molecule has 3 N–H and O–H groups in total. The lowest BCUT2D eigenvalue weighted by Gasteiger charge is -2.46. The van der Waals surface area contributed by atoms with Crippen molar-refractivity contribution in [2.24, 2.45) is 17.1 Å². The van der Waals surface area contributed by atoms with Gasteiger partial charge in [0.2, 0.25) is 0 Å². The summed E-state index contributed by atoms with van der Waals surface area (Å²) in [6.07, 6.45) is 8.97. The Kier molecular flexibility index (Phi) is 5.05.